The van der Waals surface area contributed by atoms with Crippen LogP contribution in [0.4, 0.5) is 13.6 Å². The van der Waals surface area contributed by atoms with Crippen LogP contribution in [0.3, 0.4) is 0 Å². The second-order valence-corrected chi connectivity index (χ2v) is 9.20. The highest BCUT2D eigenvalue weighted by atomic mass is 32.2. The molecule has 0 saturated carbocycles. The Balaban J connectivity index is 1.57. The number of amides is 2. The summed E-state index contributed by atoms with van der Waals surface area (Å²) < 4.78 is 63.8. The molecule has 0 saturated heterocycles. The van der Waals surface area contributed by atoms with Crippen LogP contribution in [0, 0.1) is 23.5 Å². The Hall–Kier alpha value is -3.84. The van der Waals surface area contributed by atoms with Crippen LogP contribution in [0.15, 0.2) is 65.2 Å². The number of ether oxygens (including phenoxy) is 2. The van der Waals surface area contributed by atoms with Crippen molar-refractivity contribution in [3.05, 3.63) is 88.0 Å². The van der Waals surface area contributed by atoms with Crippen molar-refractivity contribution in [3.8, 4) is 17.6 Å². The van der Waals surface area contributed by atoms with Crippen LogP contribution in [0.25, 0.3) is 0 Å². The quantitative estimate of drug-likeness (QED) is 0.632. The van der Waals surface area contributed by atoms with E-state index in [0.717, 1.165) is 22.6 Å². The molecule has 0 unspecified atom stereocenters. The lowest BCUT2D eigenvalue weighted by Crippen LogP contribution is -2.47. The van der Waals surface area contributed by atoms with Gasteiger partial charge in [0.05, 0.1) is 19.9 Å². The maximum Gasteiger partial charge on any atom is 0.345 e. The molecule has 2 aromatic carbocycles. The molecule has 4 rings (SSSR count). The molecule has 7 nitrogen and oxygen atoms in total. The molecule has 0 aromatic heterocycles. The van der Waals surface area contributed by atoms with Crippen molar-refractivity contribution in [2.24, 2.45) is 0 Å². The first-order valence-electron chi connectivity index (χ1n) is 9.73. The number of fused-ring (bicyclic) bond motifs is 1. The Morgan fingerprint density at radius 2 is 1.88 bits per heavy atom. The summed E-state index contributed by atoms with van der Waals surface area (Å²) >= 11 is 0. The van der Waals surface area contributed by atoms with E-state index >= 15 is 0 Å². The predicted octanol–water partition coefficient (Wildman–Crippen LogP) is 3.85. The average molecular weight is 472 g/mol. The summed E-state index contributed by atoms with van der Waals surface area (Å²) in [6, 6.07) is 9.37. The molecule has 0 N–H and O–H groups in total. The first-order valence-corrected chi connectivity index (χ1v) is 11.2. The van der Waals surface area contributed by atoms with Gasteiger partial charge in [0.2, 0.25) is 5.88 Å². The molecule has 0 radical (unpaired) electrons. The number of sulfonamides is 1. The monoisotopic (exact) mass is 472 g/mol. The molecule has 33 heavy (non-hydrogen) atoms. The standard InChI is InChI=1S/C23H18F2N2O5S/c1-15-22-26(14-19(32-22)8-4-6-16-5-3-7-18(11-16)31-2)23(28)27(33(15,29)30)13-17-9-10-20(24)21(25)12-17/h3,5,7,9-12,14H,6,13H2,1-2H3. The van der Waals surface area contributed by atoms with Gasteiger partial charge in [0.15, 0.2) is 17.4 Å². The molecule has 0 bridgehead atoms. The second kappa shape index (κ2) is 8.60. The molecule has 2 aromatic rings. The zero-order valence-corrected chi connectivity index (χ0v) is 18.4. The average Bonchev–Trinajstić information content (AvgIpc) is 3.22. The van der Waals surface area contributed by atoms with Crippen molar-refractivity contribution in [3.63, 3.8) is 0 Å². The number of halogens is 2. The lowest BCUT2D eigenvalue weighted by molar-refractivity contribution is 0.182. The van der Waals surface area contributed by atoms with Crippen molar-refractivity contribution in [2.45, 2.75) is 19.9 Å². The Bertz CT molecular complexity index is 1370. The SMILES string of the molecule is COc1cccc(CC#CC2=CN3C(=O)N(Cc4ccc(F)c(F)c4)S(=O)(=O)C(C)=C3O2)c1. The van der Waals surface area contributed by atoms with Gasteiger partial charge in [-0.3, -0.25) is 0 Å². The van der Waals surface area contributed by atoms with Gasteiger partial charge in [-0.05, 0) is 48.2 Å². The predicted molar refractivity (Wildman–Crippen MR) is 114 cm³/mol. The van der Waals surface area contributed by atoms with Gasteiger partial charge in [-0.2, -0.15) is 0 Å². The summed E-state index contributed by atoms with van der Waals surface area (Å²) in [4.78, 5) is 13.8. The lowest BCUT2D eigenvalue weighted by atomic mass is 10.1. The summed E-state index contributed by atoms with van der Waals surface area (Å²) in [6.45, 7) is 0.826. The zero-order chi connectivity index (χ0) is 23.8. The van der Waals surface area contributed by atoms with Gasteiger partial charge in [0.1, 0.15) is 10.7 Å². The lowest BCUT2D eigenvalue weighted by Gasteiger charge is -2.31. The highest BCUT2D eigenvalue weighted by Gasteiger charge is 2.45. The highest BCUT2D eigenvalue weighted by Crippen LogP contribution is 2.35. The fourth-order valence-electron chi connectivity index (χ4n) is 3.27. The summed E-state index contributed by atoms with van der Waals surface area (Å²) in [5.41, 5.74) is 1.02. The van der Waals surface area contributed by atoms with Crippen molar-refractivity contribution in [1.29, 1.82) is 0 Å². The number of rotatable bonds is 4. The van der Waals surface area contributed by atoms with Crippen LogP contribution in [0.2, 0.25) is 0 Å². The van der Waals surface area contributed by atoms with Crippen LogP contribution < -0.4 is 4.74 Å². The number of allylic oxidation sites excluding steroid dienone is 2. The van der Waals surface area contributed by atoms with E-state index in [1.54, 1.807) is 7.11 Å². The van der Waals surface area contributed by atoms with Gasteiger partial charge in [-0.15, -0.1) is 0 Å². The topological polar surface area (TPSA) is 76.2 Å². The second-order valence-electron chi connectivity index (χ2n) is 7.20. The van der Waals surface area contributed by atoms with E-state index in [0.29, 0.717) is 16.5 Å². The minimum absolute atomic E-state index is 0.102. The van der Waals surface area contributed by atoms with Crippen LogP contribution in [0.1, 0.15) is 18.1 Å². The third-order valence-corrected chi connectivity index (χ3v) is 6.83. The van der Waals surface area contributed by atoms with Crippen molar-refractivity contribution in [2.75, 3.05) is 7.11 Å². The van der Waals surface area contributed by atoms with E-state index in [-0.39, 0.29) is 22.1 Å². The Morgan fingerprint density at radius 3 is 2.61 bits per heavy atom. The third kappa shape index (κ3) is 4.27. The molecular formula is C23H18F2N2O5S. The fourth-order valence-corrected chi connectivity index (χ4v) is 4.57. The minimum Gasteiger partial charge on any atom is -0.497 e. The van der Waals surface area contributed by atoms with Crippen LogP contribution in [-0.4, -0.2) is 30.8 Å². The number of carbonyl (C=O) groups is 1. The number of hydrogen-bond acceptors (Lipinski definition) is 5. The number of benzene rings is 2. The van der Waals surface area contributed by atoms with Crippen LogP contribution in [-0.2, 0) is 27.7 Å². The number of hydrogen-bond donors (Lipinski definition) is 0. The molecule has 0 fully saturated rings. The molecule has 2 aliphatic heterocycles. The molecule has 0 atom stereocenters. The summed E-state index contributed by atoms with van der Waals surface area (Å²) in [5, 5.41) is 0. The number of methoxy groups -OCH3 is 1. The molecule has 2 heterocycles. The number of urea groups is 1. The summed E-state index contributed by atoms with van der Waals surface area (Å²) in [7, 11) is -2.67. The first-order chi connectivity index (χ1) is 15.7. The Morgan fingerprint density at radius 1 is 1.09 bits per heavy atom. The van der Waals surface area contributed by atoms with E-state index in [1.165, 1.54) is 19.2 Å². The smallest absolute Gasteiger partial charge is 0.345 e. The maximum absolute atomic E-state index is 13.6. The molecule has 170 valence electrons. The Labute approximate surface area is 189 Å². The van der Waals surface area contributed by atoms with E-state index in [9.17, 15) is 22.0 Å². The highest BCUT2D eigenvalue weighted by molar-refractivity contribution is 7.93. The molecule has 10 heteroatoms. The molecule has 2 amide bonds. The number of nitrogens with zero attached hydrogens (tertiary/aromatic N) is 2. The van der Waals surface area contributed by atoms with Gasteiger partial charge < -0.3 is 9.47 Å². The van der Waals surface area contributed by atoms with Gasteiger partial charge in [0, 0.05) is 6.42 Å². The Kier molecular flexibility index (Phi) is 5.82. The van der Waals surface area contributed by atoms with Crippen LogP contribution >= 0.6 is 0 Å². The molecule has 2 aliphatic rings. The minimum atomic E-state index is -4.24. The largest absolute Gasteiger partial charge is 0.497 e. The van der Waals surface area contributed by atoms with Gasteiger partial charge in [-0.25, -0.2) is 31.2 Å². The van der Waals surface area contributed by atoms with E-state index in [1.807, 2.05) is 24.3 Å². The van der Waals surface area contributed by atoms with E-state index in [2.05, 4.69) is 11.8 Å². The van der Waals surface area contributed by atoms with Crippen molar-refractivity contribution >= 4 is 16.1 Å². The normalized spacial score (nSPS) is 16.6. The summed E-state index contributed by atoms with van der Waals surface area (Å²) in [5.74, 6) is 4.13. The van der Waals surface area contributed by atoms with Crippen molar-refractivity contribution in [1.82, 2.24) is 9.21 Å². The van der Waals surface area contributed by atoms with E-state index in [4.69, 9.17) is 9.47 Å². The van der Waals surface area contributed by atoms with Gasteiger partial charge >= 0.3 is 6.03 Å². The fraction of sp³-hybridized carbons (Fsp3) is 0.174. The van der Waals surface area contributed by atoms with Crippen molar-refractivity contribution < 1.29 is 31.5 Å². The van der Waals surface area contributed by atoms with Crippen LogP contribution in [0.5, 0.6) is 5.75 Å². The molecular weight excluding hydrogens is 454 g/mol. The maximum atomic E-state index is 13.6. The van der Waals surface area contributed by atoms with E-state index < -0.39 is 34.2 Å². The first kappa shape index (κ1) is 22.4. The molecule has 0 aliphatic carbocycles. The zero-order valence-electron chi connectivity index (χ0n) is 17.6. The number of carbonyl (C=O) groups excluding carboxylic acids is 1. The van der Waals surface area contributed by atoms with Gasteiger partial charge in [0.25, 0.3) is 10.0 Å². The molecule has 0 spiro atoms. The third-order valence-electron chi connectivity index (χ3n) is 5.02. The van der Waals surface area contributed by atoms with Gasteiger partial charge in [-0.1, -0.05) is 24.1 Å². The summed E-state index contributed by atoms with van der Waals surface area (Å²) in [6.07, 6.45) is 1.68.